The number of benzene rings is 3. The SMILES string of the molecule is [C-]#[N+]C(C)(c1ccccc1)c1ccc(C(C)(C#N)c2ccccc2)cc1. The molecule has 0 spiro atoms. The van der Waals surface area contributed by atoms with E-state index in [0.29, 0.717) is 0 Å². The number of hydrogen-bond acceptors (Lipinski definition) is 1. The first kappa shape index (κ1) is 17.5. The summed E-state index contributed by atoms with van der Waals surface area (Å²) in [6, 6.07) is 30.0. The summed E-state index contributed by atoms with van der Waals surface area (Å²) in [6.07, 6.45) is 0. The molecule has 0 heterocycles. The standard InChI is InChI=1S/C24H20N2/c1-23(18-25,19-10-6-4-7-11-19)20-14-16-22(17-15-20)24(2,26-3)21-12-8-5-9-13-21/h4-17H,1-2H3. The number of rotatable bonds is 4. The molecule has 0 fully saturated rings. The van der Waals surface area contributed by atoms with Crippen LogP contribution in [0.4, 0.5) is 0 Å². The fourth-order valence-electron chi connectivity index (χ4n) is 3.25. The van der Waals surface area contributed by atoms with Crippen LogP contribution >= 0.6 is 0 Å². The van der Waals surface area contributed by atoms with E-state index in [1.165, 1.54) is 0 Å². The van der Waals surface area contributed by atoms with Crippen molar-refractivity contribution in [3.8, 4) is 6.07 Å². The van der Waals surface area contributed by atoms with Crippen LogP contribution < -0.4 is 0 Å². The summed E-state index contributed by atoms with van der Waals surface area (Å²) in [6.45, 7) is 11.6. The van der Waals surface area contributed by atoms with E-state index in [1.807, 2.05) is 98.8 Å². The van der Waals surface area contributed by atoms with Gasteiger partial charge in [-0.2, -0.15) is 5.26 Å². The highest BCUT2D eigenvalue weighted by Gasteiger charge is 2.36. The van der Waals surface area contributed by atoms with Crippen LogP contribution in [0.25, 0.3) is 4.85 Å². The van der Waals surface area contributed by atoms with Crippen molar-refractivity contribution < 1.29 is 0 Å². The minimum atomic E-state index is -0.740. The van der Waals surface area contributed by atoms with Gasteiger partial charge in [0.1, 0.15) is 5.41 Å². The largest absolute Gasteiger partial charge is 0.300 e. The molecule has 0 amide bonds. The van der Waals surface area contributed by atoms with Crippen LogP contribution in [0.2, 0.25) is 0 Å². The topological polar surface area (TPSA) is 28.1 Å². The molecule has 2 unspecified atom stereocenters. The Labute approximate surface area is 155 Å². The quantitative estimate of drug-likeness (QED) is 0.562. The minimum absolute atomic E-state index is 0.721. The predicted molar refractivity (Wildman–Crippen MR) is 104 cm³/mol. The molecule has 126 valence electrons. The van der Waals surface area contributed by atoms with E-state index in [0.717, 1.165) is 22.3 Å². The van der Waals surface area contributed by atoms with Gasteiger partial charge in [-0.15, -0.1) is 0 Å². The van der Waals surface area contributed by atoms with Gasteiger partial charge in [0.05, 0.1) is 6.07 Å². The summed E-state index contributed by atoms with van der Waals surface area (Å²) >= 11 is 0. The van der Waals surface area contributed by atoms with Gasteiger partial charge in [-0.25, -0.2) is 6.57 Å². The molecule has 0 saturated carbocycles. The van der Waals surface area contributed by atoms with Gasteiger partial charge in [0.25, 0.3) is 5.54 Å². The highest BCUT2D eigenvalue weighted by atomic mass is 14.8. The average molecular weight is 336 g/mol. The Morgan fingerprint density at radius 1 is 0.692 bits per heavy atom. The summed E-state index contributed by atoms with van der Waals surface area (Å²) in [5, 5.41) is 9.85. The maximum atomic E-state index is 9.85. The summed E-state index contributed by atoms with van der Waals surface area (Å²) < 4.78 is 0. The Bertz CT molecular complexity index is 880. The summed E-state index contributed by atoms with van der Waals surface area (Å²) in [5.41, 5.74) is 2.32. The fraction of sp³-hybridized carbons (Fsp3) is 0.167. The highest BCUT2D eigenvalue weighted by molar-refractivity contribution is 5.48. The van der Waals surface area contributed by atoms with Crippen molar-refractivity contribution in [3.63, 3.8) is 0 Å². The van der Waals surface area contributed by atoms with Crippen LogP contribution in [-0.2, 0) is 11.0 Å². The zero-order valence-electron chi connectivity index (χ0n) is 15.0. The second-order valence-electron chi connectivity index (χ2n) is 6.73. The van der Waals surface area contributed by atoms with Crippen molar-refractivity contribution in [1.82, 2.24) is 0 Å². The van der Waals surface area contributed by atoms with Crippen LogP contribution in [0.3, 0.4) is 0 Å². The molecule has 0 N–H and O–H groups in total. The first-order chi connectivity index (χ1) is 12.5. The number of nitrogens with zero attached hydrogens (tertiary/aromatic N) is 2. The van der Waals surface area contributed by atoms with E-state index in [2.05, 4.69) is 10.9 Å². The van der Waals surface area contributed by atoms with Gasteiger partial charge < -0.3 is 4.85 Å². The fourth-order valence-corrected chi connectivity index (χ4v) is 3.25. The lowest BCUT2D eigenvalue weighted by atomic mass is 9.76. The van der Waals surface area contributed by atoms with E-state index in [4.69, 9.17) is 6.57 Å². The van der Waals surface area contributed by atoms with Crippen LogP contribution in [-0.4, -0.2) is 0 Å². The Kier molecular flexibility index (Phi) is 4.61. The molecule has 0 aromatic heterocycles. The molecule has 0 saturated heterocycles. The third-order valence-corrected chi connectivity index (χ3v) is 5.16. The van der Waals surface area contributed by atoms with Gasteiger partial charge in [0, 0.05) is 18.1 Å². The molecule has 3 rings (SSSR count). The second-order valence-corrected chi connectivity index (χ2v) is 6.73. The lowest BCUT2D eigenvalue weighted by molar-refractivity contribution is 0.709. The van der Waals surface area contributed by atoms with Gasteiger partial charge in [-0.05, 0) is 18.1 Å². The van der Waals surface area contributed by atoms with Crippen molar-refractivity contribution in [2.45, 2.75) is 24.8 Å². The molecule has 0 aliphatic carbocycles. The van der Waals surface area contributed by atoms with E-state index in [1.54, 1.807) is 0 Å². The summed E-state index contributed by atoms with van der Waals surface area (Å²) in [7, 11) is 0. The lowest BCUT2D eigenvalue weighted by Gasteiger charge is -2.24. The van der Waals surface area contributed by atoms with Crippen LogP contribution in [0.5, 0.6) is 0 Å². The molecular weight excluding hydrogens is 316 g/mol. The molecule has 26 heavy (non-hydrogen) atoms. The average Bonchev–Trinajstić information content (AvgIpc) is 2.74. The van der Waals surface area contributed by atoms with E-state index < -0.39 is 11.0 Å². The second kappa shape index (κ2) is 6.87. The van der Waals surface area contributed by atoms with Crippen molar-refractivity contribution in [3.05, 3.63) is 119 Å². The number of hydrogen-bond donors (Lipinski definition) is 0. The monoisotopic (exact) mass is 336 g/mol. The Morgan fingerprint density at radius 3 is 1.54 bits per heavy atom. The first-order valence-electron chi connectivity index (χ1n) is 8.56. The van der Waals surface area contributed by atoms with Gasteiger partial charge in [0.15, 0.2) is 0 Å². The molecule has 0 bridgehead atoms. The normalized spacial score (nSPS) is 15.1. The third kappa shape index (κ3) is 2.87. The zero-order valence-corrected chi connectivity index (χ0v) is 15.0. The molecular formula is C24H20N2. The summed E-state index contributed by atoms with van der Waals surface area (Å²) in [4.78, 5) is 3.92. The Hall–Kier alpha value is -3.36. The molecule has 0 radical (unpaired) electrons. The van der Waals surface area contributed by atoms with Crippen LogP contribution in [0.15, 0.2) is 84.9 Å². The van der Waals surface area contributed by atoms with Gasteiger partial charge in [-0.3, -0.25) is 0 Å². The molecule has 0 aliphatic rings. The third-order valence-electron chi connectivity index (χ3n) is 5.16. The smallest absolute Gasteiger partial charge is 0.279 e. The van der Waals surface area contributed by atoms with Crippen molar-refractivity contribution in [2.75, 3.05) is 0 Å². The Balaban J connectivity index is 2.04. The zero-order chi connectivity index (χ0) is 18.6. The number of nitriles is 1. The lowest BCUT2D eigenvalue weighted by Crippen LogP contribution is -2.22. The molecule has 2 heteroatoms. The maximum Gasteiger partial charge on any atom is 0.279 e. The Morgan fingerprint density at radius 2 is 1.08 bits per heavy atom. The molecule has 0 aliphatic heterocycles. The van der Waals surface area contributed by atoms with Gasteiger partial charge in [-0.1, -0.05) is 84.9 Å². The van der Waals surface area contributed by atoms with Crippen molar-refractivity contribution in [1.29, 1.82) is 5.26 Å². The van der Waals surface area contributed by atoms with Crippen LogP contribution in [0, 0.1) is 17.9 Å². The highest BCUT2D eigenvalue weighted by Crippen LogP contribution is 2.36. The van der Waals surface area contributed by atoms with Crippen LogP contribution in [0.1, 0.15) is 36.1 Å². The first-order valence-corrected chi connectivity index (χ1v) is 8.56. The van der Waals surface area contributed by atoms with E-state index in [-0.39, 0.29) is 0 Å². The maximum absolute atomic E-state index is 9.85. The van der Waals surface area contributed by atoms with E-state index >= 15 is 0 Å². The minimum Gasteiger partial charge on any atom is -0.300 e. The molecule has 3 aromatic rings. The molecule has 2 atom stereocenters. The van der Waals surface area contributed by atoms with Crippen molar-refractivity contribution in [2.24, 2.45) is 0 Å². The molecule has 2 nitrogen and oxygen atoms in total. The predicted octanol–water partition coefficient (Wildman–Crippen LogP) is 5.70. The van der Waals surface area contributed by atoms with Crippen molar-refractivity contribution >= 4 is 0 Å². The molecule has 3 aromatic carbocycles. The summed E-state index contributed by atoms with van der Waals surface area (Å²) in [5.74, 6) is 0. The van der Waals surface area contributed by atoms with E-state index in [9.17, 15) is 5.26 Å². The van der Waals surface area contributed by atoms with Gasteiger partial charge >= 0.3 is 0 Å². The van der Waals surface area contributed by atoms with Gasteiger partial charge in [0.2, 0.25) is 0 Å².